The smallest absolute Gasteiger partial charge is 0.254 e. The van der Waals surface area contributed by atoms with Crippen LogP contribution < -0.4 is 5.32 Å². The fourth-order valence-corrected chi connectivity index (χ4v) is 2.85. The van der Waals surface area contributed by atoms with E-state index in [1.165, 1.54) is 18.4 Å². The number of nitrogens with zero attached hydrogens (tertiary/aromatic N) is 2. The summed E-state index contributed by atoms with van der Waals surface area (Å²) >= 11 is 0. The molecule has 0 radical (unpaired) electrons. The molecule has 2 aromatic rings. The van der Waals surface area contributed by atoms with E-state index in [-0.39, 0.29) is 11.9 Å². The van der Waals surface area contributed by atoms with Crippen molar-refractivity contribution in [3.05, 3.63) is 53.9 Å². The standard InChI is InChI=1S/C16H20N4O/c21-16(14-10-18-19-11-14)17-12-15(20-8-4-5-9-20)13-6-2-1-3-7-13/h1-3,6-7,10-11,15H,4-5,8-9,12H2,(H,17,21)(H,18,19). The summed E-state index contributed by atoms with van der Waals surface area (Å²) in [5.74, 6) is -0.0797. The molecular weight excluding hydrogens is 264 g/mol. The number of aromatic nitrogens is 2. The average molecular weight is 284 g/mol. The van der Waals surface area contributed by atoms with Crippen LogP contribution in [0.15, 0.2) is 42.7 Å². The Bertz CT molecular complexity index is 561. The highest BCUT2D eigenvalue weighted by Gasteiger charge is 2.23. The minimum atomic E-state index is -0.0797. The summed E-state index contributed by atoms with van der Waals surface area (Å²) in [7, 11) is 0. The van der Waals surface area contributed by atoms with Crippen LogP contribution in [0.2, 0.25) is 0 Å². The van der Waals surface area contributed by atoms with Crippen molar-refractivity contribution in [3.63, 3.8) is 0 Å². The Morgan fingerprint density at radius 2 is 2.05 bits per heavy atom. The summed E-state index contributed by atoms with van der Waals surface area (Å²) in [6.45, 7) is 2.82. The van der Waals surface area contributed by atoms with Gasteiger partial charge in [0.25, 0.3) is 5.91 Å². The molecule has 5 heteroatoms. The van der Waals surface area contributed by atoms with E-state index >= 15 is 0 Å². The normalized spacial score (nSPS) is 16.8. The predicted molar refractivity (Wildman–Crippen MR) is 80.9 cm³/mol. The number of carbonyl (C=O) groups excluding carboxylic acids is 1. The summed E-state index contributed by atoms with van der Waals surface area (Å²) in [6, 6.07) is 10.6. The summed E-state index contributed by atoms with van der Waals surface area (Å²) in [5, 5.41) is 9.49. The van der Waals surface area contributed by atoms with Crippen molar-refractivity contribution in [1.82, 2.24) is 20.4 Å². The molecule has 1 aliphatic rings. The molecule has 1 aromatic heterocycles. The van der Waals surface area contributed by atoms with Crippen molar-refractivity contribution in [2.45, 2.75) is 18.9 Å². The Morgan fingerprint density at radius 1 is 1.29 bits per heavy atom. The van der Waals surface area contributed by atoms with Crippen molar-refractivity contribution in [1.29, 1.82) is 0 Å². The molecule has 1 saturated heterocycles. The second kappa shape index (κ2) is 6.54. The van der Waals surface area contributed by atoms with Gasteiger partial charge in [-0.1, -0.05) is 30.3 Å². The molecule has 1 aliphatic heterocycles. The minimum Gasteiger partial charge on any atom is -0.350 e. The Balaban J connectivity index is 1.69. The molecule has 21 heavy (non-hydrogen) atoms. The second-order valence-electron chi connectivity index (χ2n) is 5.37. The molecule has 0 spiro atoms. The molecule has 2 N–H and O–H groups in total. The number of nitrogens with one attached hydrogen (secondary N) is 2. The molecule has 0 saturated carbocycles. The van der Waals surface area contributed by atoms with Gasteiger partial charge in [-0.15, -0.1) is 0 Å². The van der Waals surface area contributed by atoms with E-state index in [0.29, 0.717) is 12.1 Å². The third-order valence-corrected chi connectivity index (χ3v) is 3.98. The lowest BCUT2D eigenvalue weighted by molar-refractivity contribution is 0.0938. The first-order valence-electron chi connectivity index (χ1n) is 7.40. The zero-order valence-electron chi connectivity index (χ0n) is 12.0. The maximum absolute atomic E-state index is 12.1. The van der Waals surface area contributed by atoms with Gasteiger partial charge in [-0.3, -0.25) is 14.8 Å². The van der Waals surface area contributed by atoms with Gasteiger partial charge in [0.15, 0.2) is 0 Å². The van der Waals surface area contributed by atoms with Crippen LogP contribution in [0, 0.1) is 0 Å². The Labute approximate surface area is 124 Å². The van der Waals surface area contributed by atoms with Gasteiger partial charge >= 0.3 is 0 Å². The van der Waals surface area contributed by atoms with Gasteiger partial charge < -0.3 is 5.32 Å². The van der Waals surface area contributed by atoms with E-state index in [4.69, 9.17) is 0 Å². The molecule has 1 atom stereocenters. The molecule has 0 bridgehead atoms. The van der Waals surface area contributed by atoms with Crippen molar-refractivity contribution < 1.29 is 4.79 Å². The third kappa shape index (κ3) is 3.31. The van der Waals surface area contributed by atoms with Gasteiger partial charge in [-0.2, -0.15) is 5.10 Å². The highest BCUT2D eigenvalue weighted by molar-refractivity contribution is 5.93. The largest absolute Gasteiger partial charge is 0.350 e. The first-order valence-corrected chi connectivity index (χ1v) is 7.40. The SMILES string of the molecule is O=C(NCC(c1ccccc1)N1CCCC1)c1cn[nH]c1. The zero-order valence-corrected chi connectivity index (χ0v) is 12.0. The van der Waals surface area contributed by atoms with Gasteiger partial charge in [-0.05, 0) is 31.5 Å². The Hall–Kier alpha value is -2.14. The topological polar surface area (TPSA) is 61.0 Å². The fourth-order valence-electron chi connectivity index (χ4n) is 2.85. The van der Waals surface area contributed by atoms with Crippen LogP contribution in [-0.2, 0) is 0 Å². The molecule has 0 aliphatic carbocycles. The Morgan fingerprint density at radius 3 is 2.71 bits per heavy atom. The van der Waals surface area contributed by atoms with Gasteiger partial charge in [-0.25, -0.2) is 0 Å². The van der Waals surface area contributed by atoms with Gasteiger partial charge in [0, 0.05) is 12.7 Å². The summed E-state index contributed by atoms with van der Waals surface area (Å²) < 4.78 is 0. The number of likely N-dealkylation sites (tertiary alicyclic amines) is 1. The Kier molecular flexibility index (Phi) is 4.31. The van der Waals surface area contributed by atoms with E-state index < -0.39 is 0 Å². The molecule has 1 aromatic carbocycles. The highest BCUT2D eigenvalue weighted by Crippen LogP contribution is 2.24. The second-order valence-corrected chi connectivity index (χ2v) is 5.37. The lowest BCUT2D eigenvalue weighted by atomic mass is 10.1. The number of hydrogen-bond donors (Lipinski definition) is 2. The molecule has 1 amide bonds. The molecule has 5 nitrogen and oxygen atoms in total. The maximum Gasteiger partial charge on any atom is 0.254 e. The van der Waals surface area contributed by atoms with E-state index in [2.05, 4.69) is 44.7 Å². The van der Waals surface area contributed by atoms with Crippen molar-refractivity contribution in [2.24, 2.45) is 0 Å². The van der Waals surface area contributed by atoms with Gasteiger partial charge in [0.2, 0.25) is 0 Å². The average Bonchev–Trinajstić information content (AvgIpc) is 3.22. The molecule has 110 valence electrons. The van der Waals surface area contributed by atoms with Crippen LogP contribution in [0.1, 0.15) is 34.8 Å². The lowest BCUT2D eigenvalue weighted by Crippen LogP contribution is -2.36. The van der Waals surface area contributed by atoms with Crippen molar-refractivity contribution >= 4 is 5.91 Å². The van der Waals surface area contributed by atoms with E-state index in [1.807, 2.05) is 6.07 Å². The van der Waals surface area contributed by atoms with Crippen LogP contribution in [0.3, 0.4) is 0 Å². The van der Waals surface area contributed by atoms with Crippen LogP contribution in [0.4, 0.5) is 0 Å². The number of amides is 1. The number of aromatic amines is 1. The van der Waals surface area contributed by atoms with Crippen molar-refractivity contribution in [2.75, 3.05) is 19.6 Å². The van der Waals surface area contributed by atoms with Crippen LogP contribution in [0.25, 0.3) is 0 Å². The zero-order chi connectivity index (χ0) is 14.5. The number of rotatable bonds is 5. The van der Waals surface area contributed by atoms with E-state index in [1.54, 1.807) is 12.4 Å². The quantitative estimate of drug-likeness (QED) is 0.882. The first kappa shape index (κ1) is 13.8. The predicted octanol–water partition coefficient (Wildman–Crippen LogP) is 1.98. The lowest BCUT2D eigenvalue weighted by Gasteiger charge is -2.28. The third-order valence-electron chi connectivity index (χ3n) is 3.98. The number of carbonyl (C=O) groups is 1. The number of hydrogen-bond acceptors (Lipinski definition) is 3. The monoisotopic (exact) mass is 284 g/mol. The molecule has 2 heterocycles. The summed E-state index contributed by atoms with van der Waals surface area (Å²) in [6.07, 6.45) is 5.63. The van der Waals surface area contributed by atoms with Crippen LogP contribution >= 0.6 is 0 Å². The number of benzene rings is 1. The van der Waals surface area contributed by atoms with E-state index in [9.17, 15) is 4.79 Å². The summed E-state index contributed by atoms with van der Waals surface area (Å²) in [4.78, 5) is 14.5. The van der Waals surface area contributed by atoms with Gasteiger partial charge in [0.1, 0.15) is 0 Å². The first-order chi connectivity index (χ1) is 10.3. The van der Waals surface area contributed by atoms with Crippen LogP contribution in [-0.4, -0.2) is 40.6 Å². The van der Waals surface area contributed by atoms with E-state index in [0.717, 1.165) is 13.1 Å². The van der Waals surface area contributed by atoms with Crippen molar-refractivity contribution in [3.8, 4) is 0 Å². The minimum absolute atomic E-state index is 0.0797. The molecule has 1 fully saturated rings. The summed E-state index contributed by atoms with van der Waals surface area (Å²) in [5.41, 5.74) is 1.83. The molecule has 3 rings (SSSR count). The highest BCUT2D eigenvalue weighted by atomic mass is 16.1. The van der Waals surface area contributed by atoms with Gasteiger partial charge in [0.05, 0.1) is 17.8 Å². The fraction of sp³-hybridized carbons (Fsp3) is 0.375. The maximum atomic E-state index is 12.1. The molecular formula is C16H20N4O. The van der Waals surface area contributed by atoms with Crippen LogP contribution in [0.5, 0.6) is 0 Å². The number of H-pyrrole nitrogens is 1. The molecule has 1 unspecified atom stereocenters.